The first-order valence-electron chi connectivity index (χ1n) is 0.874. The lowest BCUT2D eigenvalue weighted by Gasteiger charge is -1.56. The molecular formula is HClO4P+. The molecule has 6 heavy (non-hydrogen) atoms. The lowest BCUT2D eigenvalue weighted by molar-refractivity contribution is -1.25. The van der Waals surface area contributed by atoms with E-state index in [9.17, 15) is 4.57 Å². The summed E-state index contributed by atoms with van der Waals surface area (Å²) in [7, 11) is -2.72. The molecule has 0 aromatic heterocycles. The van der Waals surface area contributed by atoms with Crippen molar-refractivity contribution in [2.45, 2.75) is 0 Å². The van der Waals surface area contributed by atoms with Crippen molar-refractivity contribution < 1.29 is 29.5 Å². The molecule has 4 nitrogen and oxygen atoms in total. The minimum absolute atomic E-state index is 0.0118. The predicted molar refractivity (Wildman–Crippen MR) is 10.9 cm³/mol. The minimum atomic E-state index is -2.72. The third-order valence-electron chi connectivity index (χ3n) is 0.0872. The van der Waals surface area contributed by atoms with E-state index in [1.165, 1.54) is 0 Å². The van der Waals surface area contributed by atoms with Crippen molar-refractivity contribution in [3.8, 4) is 0 Å². The Morgan fingerprint density at radius 2 is 2.50 bits per heavy atom. The maximum Gasteiger partial charge on any atom is 0.753 e. The van der Waals surface area contributed by atoms with Gasteiger partial charge in [-0.05, 0) is 0 Å². The van der Waals surface area contributed by atoms with Crippen molar-refractivity contribution >= 4 is 8.25 Å². The van der Waals surface area contributed by atoms with Crippen LogP contribution in [-0.4, -0.2) is 4.89 Å². The first-order chi connectivity index (χ1) is 2.77. The van der Waals surface area contributed by atoms with Gasteiger partial charge in [-0.3, -0.25) is 0 Å². The summed E-state index contributed by atoms with van der Waals surface area (Å²) in [5.41, 5.74) is 0. The van der Waals surface area contributed by atoms with E-state index in [1.54, 1.807) is 0 Å². The second-order valence-corrected chi connectivity index (χ2v) is 1.52. The minimum Gasteiger partial charge on any atom is -0.502 e. The van der Waals surface area contributed by atoms with Gasteiger partial charge in [-0.25, -0.2) is 0 Å². The normalized spacial score (nSPS) is 11.3. The SMILES string of the molecule is O=[P+](O)O[Cl+][O-]. The van der Waals surface area contributed by atoms with Gasteiger partial charge in [0, 0.05) is 4.57 Å². The Balaban J connectivity index is 2.83. The lowest BCUT2D eigenvalue weighted by Crippen LogP contribution is -1.98. The van der Waals surface area contributed by atoms with E-state index in [1.807, 2.05) is 0 Å². The van der Waals surface area contributed by atoms with E-state index in [4.69, 9.17) is 9.55 Å². The van der Waals surface area contributed by atoms with Crippen LogP contribution >= 0.6 is 8.25 Å². The number of hydrogen-bond acceptors (Lipinski definition) is 3. The summed E-state index contributed by atoms with van der Waals surface area (Å²) < 4.78 is 21.7. The number of halogens is 1. The Morgan fingerprint density at radius 3 is 2.50 bits per heavy atom. The first kappa shape index (κ1) is 6.27. The van der Waals surface area contributed by atoms with Gasteiger partial charge in [-0.15, -0.1) is 4.89 Å². The fraction of sp³-hybridized carbons (Fsp3) is 0. The molecular weight excluding hydrogens is 130 g/mol. The van der Waals surface area contributed by atoms with Crippen LogP contribution in [0.15, 0.2) is 0 Å². The maximum atomic E-state index is 9.29. The predicted octanol–water partition coefficient (Wildman–Crippen LogP) is -1.07. The number of rotatable bonds is 2. The van der Waals surface area contributed by atoms with Crippen molar-refractivity contribution in [3.05, 3.63) is 0 Å². The average Bonchev–Trinajstić information content (AvgIpc) is 1.35. The van der Waals surface area contributed by atoms with E-state index in [-0.39, 0.29) is 11.3 Å². The molecule has 0 aliphatic heterocycles. The highest BCUT2D eigenvalue weighted by Crippen LogP contribution is 2.12. The van der Waals surface area contributed by atoms with Crippen molar-refractivity contribution in [1.82, 2.24) is 0 Å². The zero-order valence-corrected chi connectivity index (χ0v) is 4.15. The largest absolute Gasteiger partial charge is 0.753 e. The van der Waals surface area contributed by atoms with Gasteiger partial charge in [-0.2, -0.15) is 0 Å². The maximum absolute atomic E-state index is 9.29. The van der Waals surface area contributed by atoms with Gasteiger partial charge in [0.1, 0.15) is 0 Å². The molecule has 0 saturated heterocycles. The summed E-state index contributed by atoms with van der Waals surface area (Å²) >= 11 is 0.0118. The zero-order chi connectivity index (χ0) is 4.99. The fourth-order valence-electron chi connectivity index (χ4n) is 0.0241. The fourth-order valence-corrected chi connectivity index (χ4v) is 0.217. The van der Waals surface area contributed by atoms with Crippen LogP contribution in [0.1, 0.15) is 0 Å². The third kappa shape index (κ3) is 4.27. The summed E-state index contributed by atoms with van der Waals surface area (Å²) in [6, 6.07) is 0. The summed E-state index contributed by atoms with van der Waals surface area (Å²) in [4.78, 5) is 7.60. The Morgan fingerprint density at radius 1 is 2.00 bits per heavy atom. The lowest BCUT2D eigenvalue weighted by atomic mass is 15.8. The van der Waals surface area contributed by atoms with Crippen LogP contribution < -0.4 is 4.66 Å². The van der Waals surface area contributed by atoms with Crippen molar-refractivity contribution in [2.24, 2.45) is 0 Å². The van der Waals surface area contributed by atoms with E-state index in [0.29, 0.717) is 0 Å². The molecule has 0 aromatic rings. The molecule has 36 valence electrons. The molecule has 0 amide bonds. The van der Waals surface area contributed by atoms with Crippen molar-refractivity contribution in [2.75, 3.05) is 0 Å². The van der Waals surface area contributed by atoms with Gasteiger partial charge in [0.25, 0.3) is 0 Å². The van der Waals surface area contributed by atoms with Crippen LogP contribution in [0.5, 0.6) is 0 Å². The molecule has 0 rings (SSSR count). The van der Waals surface area contributed by atoms with Crippen LogP contribution in [0.2, 0.25) is 0 Å². The summed E-state index contributed by atoms with van der Waals surface area (Å²) in [5, 5.41) is 0. The van der Waals surface area contributed by atoms with Gasteiger partial charge in [0.05, 0.1) is 0 Å². The second-order valence-electron chi connectivity index (χ2n) is 0.370. The Bertz CT molecular complexity index is 51.5. The van der Waals surface area contributed by atoms with E-state index in [2.05, 4.69) is 4.08 Å². The molecule has 0 aliphatic carbocycles. The Kier molecular flexibility index (Phi) is 3.62. The van der Waals surface area contributed by atoms with E-state index < -0.39 is 8.25 Å². The molecule has 0 heterocycles. The molecule has 1 unspecified atom stereocenters. The van der Waals surface area contributed by atoms with Crippen LogP contribution in [0.3, 0.4) is 0 Å². The molecule has 0 radical (unpaired) electrons. The highest BCUT2D eigenvalue weighted by atomic mass is 35.6. The summed E-state index contributed by atoms with van der Waals surface area (Å²) in [5.74, 6) is 0. The molecule has 0 spiro atoms. The van der Waals surface area contributed by atoms with Crippen LogP contribution in [0.4, 0.5) is 0 Å². The standard InChI is InChI=1S/ClO4P/c2-1-5-6(3)4/p+1. The van der Waals surface area contributed by atoms with E-state index in [0.717, 1.165) is 0 Å². The quantitative estimate of drug-likeness (QED) is 0.485. The van der Waals surface area contributed by atoms with Gasteiger partial charge in [0.15, 0.2) is 4.08 Å². The van der Waals surface area contributed by atoms with Crippen LogP contribution in [-0.2, 0) is 8.64 Å². The van der Waals surface area contributed by atoms with Gasteiger partial charge >= 0.3 is 19.6 Å². The molecule has 1 N–H and O–H groups in total. The van der Waals surface area contributed by atoms with E-state index >= 15 is 0 Å². The molecule has 1 atom stereocenters. The highest BCUT2D eigenvalue weighted by Gasteiger charge is 2.19. The third-order valence-corrected chi connectivity index (χ3v) is 0.785. The number of hydrogen-bond donors (Lipinski definition) is 1. The summed E-state index contributed by atoms with van der Waals surface area (Å²) in [6.45, 7) is 0. The van der Waals surface area contributed by atoms with Crippen molar-refractivity contribution in [1.29, 1.82) is 0 Å². The molecule has 0 bridgehead atoms. The van der Waals surface area contributed by atoms with Crippen LogP contribution in [0.25, 0.3) is 0 Å². The average molecular weight is 131 g/mol. The monoisotopic (exact) mass is 131 g/mol. The van der Waals surface area contributed by atoms with Gasteiger partial charge in [0.2, 0.25) is 0 Å². The highest BCUT2D eigenvalue weighted by molar-refractivity contribution is 7.31. The molecule has 0 saturated carbocycles. The molecule has 6 heteroatoms. The van der Waals surface area contributed by atoms with Crippen LogP contribution in [0, 0.1) is 11.3 Å². The van der Waals surface area contributed by atoms with Gasteiger partial charge < -0.3 is 4.66 Å². The van der Waals surface area contributed by atoms with Gasteiger partial charge in [-0.1, -0.05) is 0 Å². The topological polar surface area (TPSA) is 69.6 Å². The summed E-state index contributed by atoms with van der Waals surface area (Å²) in [6.07, 6.45) is 0. The first-order valence-corrected chi connectivity index (χ1v) is 2.62. The van der Waals surface area contributed by atoms with Crippen molar-refractivity contribution in [3.63, 3.8) is 0 Å². The second kappa shape index (κ2) is 3.46. The Labute approximate surface area is 38.8 Å². The smallest absolute Gasteiger partial charge is 0.502 e. The Hall–Kier alpha value is 0.270. The molecule has 0 fully saturated rings. The zero-order valence-electron chi connectivity index (χ0n) is 2.50. The molecule has 0 aromatic carbocycles. The molecule has 0 aliphatic rings.